The lowest BCUT2D eigenvalue weighted by atomic mass is 10.6. The summed E-state index contributed by atoms with van der Waals surface area (Å²) in [6.07, 6.45) is 0.651. The maximum atomic E-state index is 11.5. The second kappa shape index (κ2) is 7.47. The summed E-state index contributed by atoms with van der Waals surface area (Å²) in [4.78, 5) is 19.5. The van der Waals surface area contributed by atoms with Crippen LogP contribution in [-0.2, 0) is 9.53 Å². The smallest absolute Gasteiger partial charge is 0.348 e. The SMILES string of the molecule is CCOC(=O)/C(=C/O)Sc1nc(OC)cc(OC)n1. The molecule has 0 unspecified atom stereocenters. The van der Waals surface area contributed by atoms with Gasteiger partial charge in [-0.1, -0.05) is 0 Å². The molecule has 0 spiro atoms. The Kier molecular flexibility index (Phi) is 5.94. The molecule has 0 atom stereocenters. The van der Waals surface area contributed by atoms with Crippen molar-refractivity contribution in [3.05, 3.63) is 17.2 Å². The van der Waals surface area contributed by atoms with Crippen LogP contribution >= 0.6 is 11.8 Å². The Morgan fingerprint density at radius 1 is 1.37 bits per heavy atom. The van der Waals surface area contributed by atoms with Crippen molar-refractivity contribution in [2.45, 2.75) is 12.1 Å². The number of hydrogen-bond acceptors (Lipinski definition) is 8. The first-order chi connectivity index (χ1) is 9.14. The van der Waals surface area contributed by atoms with E-state index in [0.29, 0.717) is 6.26 Å². The van der Waals surface area contributed by atoms with Crippen LogP contribution < -0.4 is 9.47 Å². The Hall–Kier alpha value is -1.96. The predicted octanol–water partition coefficient (Wildman–Crippen LogP) is 1.55. The van der Waals surface area contributed by atoms with Gasteiger partial charge in [0.15, 0.2) is 5.16 Å². The van der Waals surface area contributed by atoms with E-state index in [2.05, 4.69) is 9.97 Å². The van der Waals surface area contributed by atoms with Crippen LogP contribution in [0, 0.1) is 0 Å². The van der Waals surface area contributed by atoms with Crippen molar-refractivity contribution in [3.8, 4) is 11.8 Å². The largest absolute Gasteiger partial charge is 0.514 e. The quantitative estimate of drug-likeness (QED) is 0.277. The van der Waals surface area contributed by atoms with E-state index in [9.17, 15) is 4.79 Å². The van der Waals surface area contributed by atoms with Crippen LogP contribution in [0.3, 0.4) is 0 Å². The Morgan fingerprint density at radius 2 is 1.95 bits per heavy atom. The molecule has 1 N–H and O–H groups in total. The fraction of sp³-hybridized carbons (Fsp3) is 0.364. The highest BCUT2D eigenvalue weighted by Crippen LogP contribution is 2.27. The zero-order valence-corrected chi connectivity index (χ0v) is 11.6. The summed E-state index contributed by atoms with van der Waals surface area (Å²) in [6, 6.07) is 1.50. The molecule has 0 amide bonds. The van der Waals surface area contributed by atoms with E-state index in [1.54, 1.807) is 6.92 Å². The van der Waals surface area contributed by atoms with Crippen molar-refractivity contribution < 1.29 is 24.1 Å². The van der Waals surface area contributed by atoms with Gasteiger partial charge < -0.3 is 19.3 Å². The number of thioether (sulfide) groups is 1. The van der Waals surface area contributed by atoms with E-state index in [4.69, 9.17) is 19.3 Å². The number of hydrogen-bond donors (Lipinski definition) is 1. The number of aliphatic hydroxyl groups is 1. The fourth-order valence-electron chi connectivity index (χ4n) is 1.06. The summed E-state index contributed by atoms with van der Waals surface area (Å²) in [6.45, 7) is 1.88. The van der Waals surface area contributed by atoms with Gasteiger partial charge in [-0.05, 0) is 18.7 Å². The zero-order valence-electron chi connectivity index (χ0n) is 10.7. The van der Waals surface area contributed by atoms with Gasteiger partial charge in [-0.3, -0.25) is 0 Å². The number of nitrogens with zero attached hydrogens (tertiary/aromatic N) is 2. The number of aromatic nitrogens is 2. The van der Waals surface area contributed by atoms with Gasteiger partial charge in [0.2, 0.25) is 11.8 Å². The summed E-state index contributed by atoms with van der Waals surface area (Å²) in [5.41, 5.74) is 0. The number of aliphatic hydroxyl groups excluding tert-OH is 1. The van der Waals surface area contributed by atoms with Gasteiger partial charge in [-0.15, -0.1) is 0 Å². The molecular formula is C11H14N2O5S. The average Bonchev–Trinajstić information content (AvgIpc) is 2.44. The Bertz CT molecular complexity index is 456. The first kappa shape index (κ1) is 15.1. The lowest BCUT2D eigenvalue weighted by Gasteiger charge is -2.07. The van der Waals surface area contributed by atoms with Gasteiger partial charge in [0.05, 0.1) is 26.9 Å². The van der Waals surface area contributed by atoms with Crippen LogP contribution in [0.15, 0.2) is 22.4 Å². The standard InChI is InChI=1S/C11H14N2O5S/c1-4-18-10(15)7(6-14)19-11-12-8(16-2)5-9(13-11)17-3/h5-6,14H,4H2,1-3H3/b7-6-. The van der Waals surface area contributed by atoms with Crippen LogP contribution in [0.25, 0.3) is 0 Å². The molecule has 0 fully saturated rings. The predicted molar refractivity (Wildman–Crippen MR) is 68.3 cm³/mol. The van der Waals surface area contributed by atoms with Crippen molar-refractivity contribution in [2.75, 3.05) is 20.8 Å². The third kappa shape index (κ3) is 4.32. The molecule has 0 aromatic carbocycles. The zero-order chi connectivity index (χ0) is 14.3. The van der Waals surface area contributed by atoms with E-state index in [-0.39, 0.29) is 28.4 Å². The van der Waals surface area contributed by atoms with E-state index in [1.807, 2.05) is 0 Å². The van der Waals surface area contributed by atoms with Crippen LogP contribution in [0.1, 0.15) is 6.92 Å². The molecule has 1 heterocycles. The molecule has 0 aliphatic heterocycles. The highest BCUT2D eigenvalue weighted by Gasteiger charge is 2.16. The van der Waals surface area contributed by atoms with E-state index in [0.717, 1.165) is 11.8 Å². The molecule has 19 heavy (non-hydrogen) atoms. The monoisotopic (exact) mass is 286 g/mol. The summed E-state index contributed by atoms with van der Waals surface area (Å²) in [7, 11) is 2.90. The van der Waals surface area contributed by atoms with Gasteiger partial charge in [0.25, 0.3) is 0 Å². The Labute approximate surface area is 114 Å². The number of esters is 1. The van der Waals surface area contributed by atoms with Gasteiger partial charge in [-0.2, -0.15) is 9.97 Å². The third-order valence-corrected chi connectivity index (χ3v) is 2.73. The normalized spacial score (nSPS) is 11.0. The molecule has 0 radical (unpaired) electrons. The maximum absolute atomic E-state index is 11.5. The van der Waals surface area contributed by atoms with Crippen LogP contribution in [0.5, 0.6) is 11.8 Å². The molecule has 0 aliphatic carbocycles. The third-order valence-electron chi connectivity index (χ3n) is 1.87. The second-order valence-corrected chi connectivity index (χ2v) is 4.06. The van der Waals surface area contributed by atoms with Crippen LogP contribution in [-0.4, -0.2) is 41.9 Å². The Morgan fingerprint density at radius 3 is 2.37 bits per heavy atom. The number of rotatable bonds is 6. The summed E-state index contributed by atoms with van der Waals surface area (Å²) >= 11 is 0.850. The minimum Gasteiger partial charge on any atom is -0.514 e. The lowest BCUT2D eigenvalue weighted by Crippen LogP contribution is -2.06. The number of ether oxygens (including phenoxy) is 3. The second-order valence-electron chi connectivity index (χ2n) is 3.05. The Balaban J connectivity index is 2.94. The molecule has 1 aromatic heterocycles. The summed E-state index contributed by atoms with van der Waals surface area (Å²) in [5.74, 6) is -0.0774. The topological polar surface area (TPSA) is 90.8 Å². The van der Waals surface area contributed by atoms with Crippen molar-refractivity contribution in [3.63, 3.8) is 0 Å². The van der Waals surface area contributed by atoms with Gasteiger partial charge in [-0.25, -0.2) is 4.79 Å². The van der Waals surface area contributed by atoms with Gasteiger partial charge in [0.1, 0.15) is 11.2 Å². The number of carbonyl (C=O) groups excluding carboxylic acids is 1. The van der Waals surface area contributed by atoms with Crippen LogP contribution in [0.2, 0.25) is 0 Å². The highest BCUT2D eigenvalue weighted by molar-refractivity contribution is 8.03. The van der Waals surface area contributed by atoms with E-state index < -0.39 is 5.97 Å². The summed E-state index contributed by atoms with van der Waals surface area (Å²) < 4.78 is 14.7. The number of methoxy groups -OCH3 is 2. The van der Waals surface area contributed by atoms with Crippen molar-refractivity contribution in [1.29, 1.82) is 0 Å². The van der Waals surface area contributed by atoms with Crippen LogP contribution in [0.4, 0.5) is 0 Å². The molecule has 0 saturated heterocycles. The average molecular weight is 286 g/mol. The van der Waals surface area contributed by atoms with Crippen molar-refractivity contribution in [2.24, 2.45) is 0 Å². The summed E-state index contributed by atoms with van der Waals surface area (Å²) in [5, 5.41) is 9.23. The van der Waals surface area contributed by atoms with E-state index >= 15 is 0 Å². The van der Waals surface area contributed by atoms with Crippen molar-refractivity contribution >= 4 is 17.7 Å². The molecule has 0 saturated carbocycles. The van der Waals surface area contributed by atoms with E-state index in [1.165, 1.54) is 20.3 Å². The molecule has 104 valence electrons. The molecule has 1 rings (SSSR count). The van der Waals surface area contributed by atoms with Crippen molar-refractivity contribution in [1.82, 2.24) is 9.97 Å². The molecule has 0 bridgehead atoms. The molecule has 8 heteroatoms. The first-order valence-electron chi connectivity index (χ1n) is 5.31. The van der Waals surface area contributed by atoms with Gasteiger partial charge in [0, 0.05) is 0 Å². The highest BCUT2D eigenvalue weighted by atomic mass is 32.2. The lowest BCUT2D eigenvalue weighted by molar-refractivity contribution is -0.137. The molecular weight excluding hydrogens is 272 g/mol. The molecule has 1 aromatic rings. The number of carbonyl (C=O) groups is 1. The molecule has 7 nitrogen and oxygen atoms in total. The van der Waals surface area contributed by atoms with Gasteiger partial charge >= 0.3 is 5.97 Å². The first-order valence-corrected chi connectivity index (χ1v) is 6.12. The fourth-order valence-corrected chi connectivity index (χ4v) is 1.72. The molecule has 0 aliphatic rings. The minimum absolute atomic E-state index is 0.0304. The minimum atomic E-state index is -0.652. The maximum Gasteiger partial charge on any atom is 0.348 e.